The molecule has 2 fully saturated rings. The third-order valence-corrected chi connectivity index (χ3v) is 4.88. The summed E-state index contributed by atoms with van der Waals surface area (Å²) in [6, 6.07) is 0. The van der Waals surface area contributed by atoms with Crippen LogP contribution in [-0.4, -0.2) is 35.2 Å². The average Bonchev–Trinajstić information content (AvgIpc) is 2.62. The molecule has 0 spiro atoms. The first kappa shape index (κ1) is 13.4. The molecule has 0 atom stereocenters. The highest BCUT2D eigenvalue weighted by Crippen LogP contribution is 2.38. The predicted octanol–water partition coefficient (Wildman–Crippen LogP) is 3.19. The fourth-order valence-corrected chi connectivity index (χ4v) is 3.71. The average molecular weight is 239 g/mol. The van der Waals surface area contributed by atoms with Gasteiger partial charge in [0.2, 0.25) is 0 Å². The van der Waals surface area contributed by atoms with Crippen molar-refractivity contribution in [2.75, 3.05) is 19.6 Å². The maximum absolute atomic E-state index is 10.9. The molecule has 0 bridgehead atoms. The van der Waals surface area contributed by atoms with Gasteiger partial charge in [-0.3, -0.25) is 0 Å². The summed E-state index contributed by atoms with van der Waals surface area (Å²) in [5.74, 6) is 0.591. The van der Waals surface area contributed by atoms with E-state index in [1.807, 2.05) is 0 Å². The fourth-order valence-electron chi connectivity index (χ4n) is 3.71. The van der Waals surface area contributed by atoms with Gasteiger partial charge >= 0.3 is 0 Å². The van der Waals surface area contributed by atoms with Gasteiger partial charge in [-0.1, -0.05) is 32.6 Å². The van der Waals surface area contributed by atoms with Gasteiger partial charge in [-0.25, -0.2) is 0 Å². The quantitative estimate of drug-likeness (QED) is 0.765. The summed E-state index contributed by atoms with van der Waals surface area (Å²) in [6.07, 6.45) is 11.2. The van der Waals surface area contributed by atoms with Gasteiger partial charge in [0, 0.05) is 13.1 Å². The monoisotopic (exact) mass is 239 g/mol. The molecule has 2 aliphatic rings. The Labute approximate surface area is 106 Å². The van der Waals surface area contributed by atoms with E-state index >= 15 is 0 Å². The van der Waals surface area contributed by atoms with Crippen molar-refractivity contribution in [3.05, 3.63) is 0 Å². The Hall–Kier alpha value is -0.0800. The molecule has 0 unspecified atom stereocenters. The summed E-state index contributed by atoms with van der Waals surface area (Å²) in [4.78, 5) is 2.52. The van der Waals surface area contributed by atoms with Crippen molar-refractivity contribution in [3.8, 4) is 0 Å². The van der Waals surface area contributed by atoms with E-state index in [9.17, 15) is 5.11 Å². The summed E-state index contributed by atoms with van der Waals surface area (Å²) < 4.78 is 0. The van der Waals surface area contributed by atoms with Crippen LogP contribution in [0.1, 0.15) is 64.7 Å². The lowest BCUT2D eigenvalue weighted by atomic mass is 9.76. The van der Waals surface area contributed by atoms with Crippen LogP contribution in [0.3, 0.4) is 0 Å². The number of hydrogen-bond donors (Lipinski definition) is 1. The zero-order valence-corrected chi connectivity index (χ0v) is 11.5. The Balaban J connectivity index is 1.86. The second kappa shape index (κ2) is 6.19. The molecule has 0 aromatic carbocycles. The highest BCUT2D eigenvalue weighted by atomic mass is 16.3. The molecule has 100 valence electrons. The van der Waals surface area contributed by atoms with Crippen LogP contribution >= 0.6 is 0 Å². The Kier molecular flexibility index (Phi) is 4.87. The molecule has 0 aromatic rings. The Bertz CT molecular complexity index is 213. The summed E-state index contributed by atoms with van der Waals surface area (Å²) in [5.41, 5.74) is -0.325. The van der Waals surface area contributed by atoms with Gasteiger partial charge in [0.05, 0.1) is 5.60 Å². The van der Waals surface area contributed by atoms with Crippen molar-refractivity contribution in [1.82, 2.24) is 4.90 Å². The van der Waals surface area contributed by atoms with E-state index < -0.39 is 0 Å². The largest absolute Gasteiger partial charge is 0.390 e. The van der Waals surface area contributed by atoms with Crippen LogP contribution in [0.4, 0.5) is 0 Å². The molecule has 2 rings (SSSR count). The first-order valence-electron chi connectivity index (χ1n) is 7.69. The maximum atomic E-state index is 10.9. The predicted molar refractivity (Wildman–Crippen MR) is 72.1 cm³/mol. The molecule has 1 aliphatic heterocycles. The third kappa shape index (κ3) is 3.45. The highest BCUT2D eigenvalue weighted by molar-refractivity contribution is 4.92. The molecule has 17 heavy (non-hydrogen) atoms. The normalized spacial score (nSPS) is 27.9. The molecule has 1 N–H and O–H groups in total. The lowest BCUT2D eigenvalue weighted by molar-refractivity contribution is -0.0714. The molecular formula is C15H29NO. The third-order valence-electron chi connectivity index (χ3n) is 4.88. The number of nitrogens with zero attached hydrogens (tertiary/aromatic N) is 1. The first-order valence-corrected chi connectivity index (χ1v) is 7.69. The maximum Gasteiger partial charge on any atom is 0.0700 e. The first-order chi connectivity index (χ1) is 8.24. The minimum absolute atomic E-state index is 0.325. The van der Waals surface area contributed by atoms with Crippen LogP contribution < -0.4 is 0 Å². The van der Waals surface area contributed by atoms with Gasteiger partial charge in [0.25, 0.3) is 0 Å². The highest BCUT2D eigenvalue weighted by Gasteiger charge is 2.39. The van der Waals surface area contributed by atoms with Crippen molar-refractivity contribution >= 4 is 0 Å². The van der Waals surface area contributed by atoms with Crippen molar-refractivity contribution in [2.45, 2.75) is 70.3 Å². The second-order valence-corrected chi connectivity index (χ2v) is 6.13. The lowest BCUT2D eigenvalue weighted by Crippen LogP contribution is -2.48. The van der Waals surface area contributed by atoms with Crippen molar-refractivity contribution in [3.63, 3.8) is 0 Å². The second-order valence-electron chi connectivity index (χ2n) is 6.13. The van der Waals surface area contributed by atoms with Gasteiger partial charge in [-0.05, 0) is 44.6 Å². The molecule has 1 saturated carbocycles. The van der Waals surface area contributed by atoms with E-state index in [0.29, 0.717) is 5.92 Å². The van der Waals surface area contributed by atoms with Crippen LogP contribution in [0.25, 0.3) is 0 Å². The van der Waals surface area contributed by atoms with E-state index in [1.165, 1.54) is 51.5 Å². The van der Waals surface area contributed by atoms with Crippen molar-refractivity contribution < 1.29 is 5.11 Å². The van der Waals surface area contributed by atoms with E-state index in [0.717, 1.165) is 25.9 Å². The topological polar surface area (TPSA) is 23.5 Å². The Morgan fingerprint density at radius 1 is 1.06 bits per heavy atom. The number of aliphatic hydroxyl groups is 1. The van der Waals surface area contributed by atoms with Crippen LogP contribution in [0.5, 0.6) is 0 Å². The summed E-state index contributed by atoms with van der Waals surface area (Å²) >= 11 is 0. The van der Waals surface area contributed by atoms with Crippen molar-refractivity contribution in [2.24, 2.45) is 5.92 Å². The number of rotatable bonds is 3. The summed E-state index contributed by atoms with van der Waals surface area (Å²) in [6.45, 7) is 5.68. The van der Waals surface area contributed by atoms with Gasteiger partial charge in [-0.2, -0.15) is 0 Å². The minimum Gasteiger partial charge on any atom is -0.390 e. The van der Waals surface area contributed by atoms with Gasteiger partial charge < -0.3 is 10.0 Å². The zero-order valence-electron chi connectivity index (χ0n) is 11.5. The van der Waals surface area contributed by atoms with Crippen molar-refractivity contribution in [1.29, 1.82) is 0 Å². The van der Waals surface area contributed by atoms with Gasteiger partial charge in [-0.15, -0.1) is 0 Å². The van der Waals surface area contributed by atoms with E-state index in [2.05, 4.69) is 11.8 Å². The van der Waals surface area contributed by atoms with Crippen LogP contribution in [0.2, 0.25) is 0 Å². The number of likely N-dealkylation sites (tertiary alicyclic amines) is 1. The SMILES string of the molecule is CCCN1CCC(O)(C2CCCCCC2)CC1. The summed E-state index contributed by atoms with van der Waals surface area (Å²) in [5, 5.41) is 10.9. The molecule has 0 aromatic heterocycles. The van der Waals surface area contributed by atoms with E-state index in [1.54, 1.807) is 0 Å². The standard InChI is InChI=1S/C15H29NO/c1-2-11-16-12-9-15(17,10-13-16)14-7-5-3-4-6-8-14/h14,17H,2-13H2,1H3. The van der Waals surface area contributed by atoms with Gasteiger partial charge in [0.1, 0.15) is 0 Å². The molecule has 1 heterocycles. The molecular weight excluding hydrogens is 210 g/mol. The molecule has 1 aliphatic carbocycles. The molecule has 0 radical (unpaired) electrons. The van der Waals surface area contributed by atoms with Crippen LogP contribution in [-0.2, 0) is 0 Å². The summed E-state index contributed by atoms with van der Waals surface area (Å²) in [7, 11) is 0. The molecule has 0 amide bonds. The molecule has 2 heteroatoms. The number of hydrogen-bond acceptors (Lipinski definition) is 2. The van der Waals surface area contributed by atoms with Crippen LogP contribution in [0, 0.1) is 5.92 Å². The zero-order chi connectivity index (χ0) is 12.1. The lowest BCUT2D eigenvalue weighted by Gasteiger charge is -2.43. The molecule has 2 nitrogen and oxygen atoms in total. The van der Waals surface area contributed by atoms with Crippen LogP contribution in [0.15, 0.2) is 0 Å². The Morgan fingerprint density at radius 2 is 1.65 bits per heavy atom. The smallest absolute Gasteiger partial charge is 0.0700 e. The van der Waals surface area contributed by atoms with E-state index in [4.69, 9.17) is 0 Å². The fraction of sp³-hybridized carbons (Fsp3) is 1.00. The minimum atomic E-state index is -0.325. The van der Waals surface area contributed by atoms with Gasteiger partial charge in [0.15, 0.2) is 0 Å². The van der Waals surface area contributed by atoms with E-state index in [-0.39, 0.29) is 5.60 Å². The Morgan fingerprint density at radius 3 is 2.18 bits per heavy atom. The number of piperidine rings is 1. The molecule has 1 saturated heterocycles.